The fraction of sp³-hybridized carbons (Fsp3) is 0.519. The van der Waals surface area contributed by atoms with E-state index in [1.165, 1.54) is 23.3 Å². The van der Waals surface area contributed by atoms with E-state index in [-0.39, 0.29) is 40.8 Å². The summed E-state index contributed by atoms with van der Waals surface area (Å²) in [5.41, 5.74) is 4.80. The van der Waals surface area contributed by atoms with Crippen molar-refractivity contribution in [3.8, 4) is 5.88 Å². The van der Waals surface area contributed by atoms with Gasteiger partial charge in [0.25, 0.3) is 21.6 Å². The number of morpholine rings is 1. The smallest absolute Gasteiger partial charge is 0.293 e. The molecule has 3 aromatic carbocycles. The van der Waals surface area contributed by atoms with E-state index in [0.29, 0.717) is 80.5 Å². The number of aliphatic hydroxyl groups is 1. The average Bonchev–Trinajstić information content (AvgIpc) is 3.83. The summed E-state index contributed by atoms with van der Waals surface area (Å²) < 4.78 is 49.4. The normalized spacial score (nSPS) is 25.6. The van der Waals surface area contributed by atoms with Crippen molar-refractivity contribution in [2.45, 2.75) is 119 Å². The van der Waals surface area contributed by atoms with Crippen LogP contribution in [0.3, 0.4) is 0 Å². The first-order valence-corrected chi connectivity index (χ1v) is 27.3. The van der Waals surface area contributed by atoms with Crippen molar-refractivity contribution >= 4 is 55.4 Å². The van der Waals surface area contributed by atoms with Crippen LogP contribution in [0.4, 0.5) is 28.4 Å². The summed E-state index contributed by atoms with van der Waals surface area (Å²) in [6.45, 7) is 11.6. The van der Waals surface area contributed by atoms with Crippen LogP contribution in [0.15, 0.2) is 83.9 Å². The molecule has 2 aromatic heterocycles. The van der Waals surface area contributed by atoms with E-state index in [4.69, 9.17) is 19.2 Å². The third-order valence-corrected chi connectivity index (χ3v) is 18.0. The Labute approximate surface area is 420 Å². The maximum atomic E-state index is 14.7. The van der Waals surface area contributed by atoms with Gasteiger partial charge in [-0.3, -0.25) is 19.8 Å². The second kappa shape index (κ2) is 19.2. The van der Waals surface area contributed by atoms with Crippen molar-refractivity contribution in [1.29, 1.82) is 0 Å². The van der Waals surface area contributed by atoms with E-state index in [9.17, 15) is 28.4 Å². The maximum absolute atomic E-state index is 14.7. The van der Waals surface area contributed by atoms with Crippen molar-refractivity contribution in [3.05, 3.63) is 106 Å². The standard InChI is InChI=1S/C54H66N8O9S/c1-34(2)40-6-4-5-7-41(40)47-32-70-25-23-60(47)38-29-54(30-38)18-21-59(22-19-54)37-8-10-42(44(27-37)61-46-26-36-14-20-55-50(36)57-52(46)71-49-15-24-69-33-48(49)61)51(63)58-72(67,68)39-9-11-43(45(28-39)62(65)66)56-31-35-12-16-53(3,64)17-13-35/h4-11,14,20,26-28,34-35,38,47-49,56,64H,12-13,15-19,21-25,29-33H2,1-3H3,(H,55,57)(H,58,63)/t35-,47-,48-,49-,53-/m1/s1. The van der Waals surface area contributed by atoms with Crippen LogP contribution < -0.4 is 24.6 Å². The van der Waals surface area contributed by atoms with E-state index >= 15 is 0 Å². The molecule has 18 heteroatoms. The van der Waals surface area contributed by atoms with Crippen LogP contribution in [0.1, 0.15) is 112 Å². The zero-order valence-corrected chi connectivity index (χ0v) is 42.2. The quantitative estimate of drug-likeness (QED) is 0.0683. The molecule has 4 aliphatic heterocycles. The molecule has 0 unspecified atom stereocenters. The van der Waals surface area contributed by atoms with Gasteiger partial charge in [-0.2, -0.15) is 4.98 Å². The number of nitrogens with one attached hydrogen (secondary N) is 3. The number of nitrogens with zero attached hydrogens (tertiary/aromatic N) is 5. The molecule has 6 aliphatic rings. The third kappa shape index (κ3) is 9.40. The average molecular weight is 1000 g/mol. The summed E-state index contributed by atoms with van der Waals surface area (Å²) in [6.07, 6.45) is 9.18. The second-order valence-corrected chi connectivity index (χ2v) is 23.4. The molecule has 2 saturated carbocycles. The van der Waals surface area contributed by atoms with Crippen molar-refractivity contribution in [3.63, 3.8) is 0 Å². The maximum Gasteiger partial charge on any atom is 0.293 e. The van der Waals surface area contributed by atoms with Gasteiger partial charge in [-0.1, -0.05) is 38.1 Å². The van der Waals surface area contributed by atoms with E-state index in [1.807, 2.05) is 42.3 Å². The molecule has 72 heavy (non-hydrogen) atoms. The molecule has 0 radical (unpaired) electrons. The third-order valence-electron chi connectivity index (χ3n) is 16.7. The molecule has 382 valence electrons. The fourth-order valence-electron chi connectivity index (χ4n) is 12.5. The number of piperidine rings is 1. The number of nitro benzene ring substituents is 1. The number of anilines is 4. The van der Waals surface area contributed by atoms with Gasteiger partial charge in [0.05, 0.1) is 65.2 Å². The van der Waals surface area contributed by atoms with Gasteiger partial charge in [-0.25, -0.2) is 13.1 Å². The number of benzene rings is 3. The Morgan fingerprint density at radius 2 is 1.72 bits per heavy atom. The highest BCUT2D eigenvalue weighted by molar-refractivity contribution is 7.90. The summed E-state index contributed by atoms with van der Waals surface area (Å²) in [5, 5.41) is 26.7. The minimum absolute atomic E-state index is 0.0994. The van der Waals surface area contributed by atoms with Crippen molar-refractivity contribution in [2.75, 3.05) is 67.7 Å². The van der Waals surface area contributed by atoms with Gasteiger partial charge < -0.3 is 39.4 Å². The van der Waals surface area contributed by atoms with Gasteiger partial charge in [0.15, 0.2) is 0 Å². The van der Waals surface area contributed by atoms with Crippen LogP contribution in [0.25, 0.3) is 11.0 Å². The fourth-order valence-corrected chi connectivity index (χ4v) is 13.5. The summed E-state index contributed by atoms with van der Waals surface area (Å²) in [6, 6.07) is 22.3. The van der Waals surface area contributed by atoms with Crippen LogP contribution in [0.5, 0.6) is 5.88 Å². The number of hydrogen-bond donors (Lipinski definition) is 4. The molecule has 5 fully saturated rings. The topological polar surface area (TPSA) is 205 Å². The van der Waals surface area contributed by atoms with Gasteiger partial charge in [-0.05, 0) is 129 Å². The Bertz CT molecular complexity index is 2950. The highest BCUT2D eigenvalue weighted by Gasteiger charge is 2.50. The lowest BCUT2D eigenvalue weighted by Gasteiger charge is -2.57. The van der Waals surface area contributed by atoms with Crippen molar-refractivity contribution in [1.82, 2.24) is 19.6 Å². The number of nitro groups is 1. The molecule has 6 heterocycles. The number of rotatable bonds is 12. The highest BCUT2D eigenvalue weighted by Crippen LogP contribution is 2.54. The van der Waals surface area contributed by atoms with Gasteiger partial charge in [0.1, 0.15) is 23.1 Å². The number of carbonyl (C=O) groups is 1. The zero-order valence-electron chi connectivity index (χ0n) is 41.3. The molecule has 17 nitrogen and oxygen atoms in total. The molecule has 4 N–H and O–H groups in total. The number of aromatic amines is 1. The van der Waals surface area contributed by atoms with E-state index in [2.05, 4.69) is 62.9 Å². The minimum atomic E-state index is -4.62. The molecular weight excluding hydrogens is 937 g/mol. The number of ether oxygens (including phenoxy) is 3. The summed E-state index contributed by atoms with van der Waals surface area (Å²) in [4.78, 5) is 41.2. The summed E-state index contributed by atoms with van der Waals surface area (Å²) in [5.74, 6) is 0.129. The largest absolute Gasteiger partial charge is 0.470 e. The van der Waals surface area contributed by atoms with E-state index < -0.39 is 37.0 Å². The van der Waals surface area contributed by atoms with Gasteiger partial charge >= 0.3 is 0 Å². The van der Waals surface area contributed by atoms with E-state index in [1.54, 1.807) is 6.07 Å². The number of carbonyl (C=O) groups excluding carboxylic acids is 1. The Morgan fingerprint density at radius 1 is 0.944 bits per heavy atom. The lowest BCUT2D eigenvalue weighted by molar-refractivity contribution is -0.384. The minimum Gasteiger partial charge on any atom is -0.470 e. The lowest BCUT2D eigenvalue weighted by atomic mass is 9.59. The van der Waals surface area contributed by atoms with Crippen LogP contribution >= 0.6 is 0 Å². The molecule has 11 rings (SSSR count). The van der Waals surface area contributed by atoms with E-state index in [0.717, 1.165) is 81.9 Å². The lowest BCUT2D eigenvalue weighted by Crippen LogP contribution is -2.58. The number of amides is 1. The molecule has 0 bridgehead atoms. The van der Waals surface area contributed by atoms with Crippen LogP contribution in [-0.2, 0) is 19.5 Å². The number of pyridine rings is 1. The molecule has 3 atom stereocenters. The highest BCUT2D eigenvalue weighted by atomic mass is 32.2. The first kappa shape index (κ1) is 48.5. The van der Waals surface area contributed by atoms with Crippen molar-refractivity contribution in [2.24, 2.45) is 11.3 Å². The number of hydrogen-bond acceptors (Lipinski definition) is 14. The second-order valence-electron chi connectivity index (χ2n) is 21.7. The monoisotopic (exact) mass is 1000 g/mol. The zero-order chi connectivity index (χ0) is 49.9. The summed E-state index contributed by atoms with van der Waals surface area (Å²) >= 11 is 0. The SMILES string of the molecule is CC(C)c1ccccc1[C@H]1COCCN1C1CC2(CCN(c3ccc(C(=O)NS(=O)(=O)c4ccc(NC[C@H]5CC[C@](C)(O)CC5)c([N+](=O)[O-])c4)c(N4c5cc6cc[nH]c6nc5O[C@@H]5CCOC[C@H]54)c3)CC2)C1. The number of aromatic nitrogens is 2. The first-order valence-electron chi connectivity index (χ1n) is 25.8. The Hall–Kier alpha value is -5.79. The van der Waals surface area contributed by atoms with Crippen molar-refractivity contribution < 1.29 is 37.5 Å². The van der Waals surface area contributed by atoms with Crippen LogP contribution in [-0.4, -0.2) is 116 Å². The Kier molecular flexibility index (Phi) is 13.0. The summed E-state index contributed by atoms with van der Waals surface area (Å²) in [7, 11) is -4.62. The molecule has 3 saturated heterocycles. The number of H-pyrrole nitrogens is 1. The Morgan fingerprint density at radius 3 is 2.50 bits per heavy atom. The Balaban J connectivity index is 0.864. The number of fused-ring (bicyclic) bond motifs is 3. The van der Waals surface area contributed by atoms with Gasteiger partial charge in [-0.15, -0.1) is 0 Å². The molecular formula is C54H66N8O9S. The van der Waals surface area contributed by atoms with Crippen LogP contribution in [0, 0.1) is 21.4 Å². The number of sulfonamides is 1. The molecule has 1 spiro atoms. The predicted molar refractivity (Wildman–Crippen MR) is 275 cm³/mol. The molecule has 5 aromatic rings. The van der Waals surface area contributed by atoms with Crippen LogP contribution in [0.2, 0.25) is 0 Å². The molecule has 2 aliphatic carbocycles. The first-order chi connectivity index (χ1) is 34.6. The van der Waals surface area contributed by atoms with Gasteiger partial charge in [0, 0.05) is 62.0 Å². The predicted octanol–water partition coefficient (Wildman–Crippen LogP) is 8.58. The van der Waals surface area contributed by atoms with Gasteiger partial charge in [0.2, 0.25) is 5.88 Å². The molecule has 1 amide bonds.